The van der Waals surface area contributed by atoms with E-state index in [9.17, 15) is 14.9 Å². The fourth-order valence-corrected chi connectivity index (χ4v) is 6.38. The predicted molar refractivity (Wildman–Crippen MR) is 97.4 cm³/mol. The molecule has 0 radical (unpaired) electrons. The molecule has 4 aliphatic rings. The third-order valence-electron chi connectivity index (χ3n) is 6.24. The van der Waals surface area contributed by atoms with E-state index in [1.165, 1.54) is 62.4 Å². The Morgan fingerprint density at radius 3 is 2.20 bits per heavy atom. The van der Waals surface area contributed by atoms with Gasteiger partial charge in [-0.2, -0.15) is 0 Å². The first kappa shape index (κ1) is 16.9. The van der Waals surface area contributed by atoms with E-state index in [1.807, 2.05) is 0 Å². The molecule has 6 heteroatoms. The molecule has 0 unspecified atom stereocenters. The molecule has 1 aromatic carbocycles. The lowest BCUT2D eigenvalue weighted by atomic mass is 9.49. The monoisotopic (exact) mass is 360 g/mol. The highest BCUT2D eigenvalue weighted by Gasteiger charge is 2.50. The van der Waals surface area contributed by atoms with Gasteiger partial charge in [0.2, 0.25) is 5.91 Å². The zero-order valence-electron chi connectivity index (χ0n) is 14.3. The van der Waals surface area contributed by atoms with Crippen molar-refractivity contribution in [2.45, 2.75) is 43.4 Å². The molecule has 0 heterocycles. The highest BCUT2D eigenvalue weighted by atomic mass is 32.2. The minimum atomic E-state index is -0.410. The number of non-ortho nitro benzene ring substituents is 1. The van der Waals surface area contributed by atoms with Crippen molar-refractivity contribution in [3.05, 3.63) is 34.4 Å². The van der Waals surface area contributed by atoms with E-state index < -0.39 is 4.92 Å². The Balaban J connectivity index is 1.26. The zero-order valence-corrected chi connectivity index (χ0v) is 15.1. The SMILES string of the molecule is O=C(CSc1ccc([N+](=O)[O-])cc1)NCC12CC3CC(CC(C3)C1)C2. The van der Waals surface area contributed by atoms with Crippen molar-refractivity contribution in [2.75, 3.05) is 12.3 Å². The first-order valence-corrected chi connectivity index (χ1v) is 10.1. The fourth-order valence-electron chi connectivity index (χ4n) is 5.66. The molecule has 1 N–H and O–H groups in total. The van der Waals surface area contributed by atoms with Crippen LogP contribution in [-0.4, -0.2) is 23.1 Å². The molecule has 0 aromatic heterocycles. The van der Waals surface area contributed by atoms with Crippen molar-refractivity contribution >= 4 is 23.4 Å². The summed E-state index contributed by atoms with van der Waals surface area (Å²) < 4.78 is 0. The summed E-state index contributed by atoms with van der Waals surface area (Å²) in [5.74, 6) is 3.14. The van der Waals surface area contributed by atoms with Gasteiger partial charge in [-0.15, -0.1) is 11.8 Å². The predicted octanol–water partition coefficient (Wildman–Crippen LogP) is 4.02. The second kappa shape index (κ2) is 6.63. The smallest absolute Gasteiger partial charge is 0.269 e. The molecule has 1 amide bonds. The van der Waals surface area contributed by atoms with Gasteiger partial charge in [-0.25, -0.2) is 0 Å². The lowest BCUT2D eigenvalue weighted by Gasteiger charge is -2.56. The third-order valence-corrected chi connectivity index (χ3v) is 7.26. The fraction of sp³-hybridized carbons (Fsp3) is 0.632. The summed E-state index contributed by atoms with van der Waals surface area (Å²) in [6.07, 6.45) is 8.16. The van der Waals surface area contributed by atoms with Crippen LogP contribution in [-0.2, 0) is 4.79 Å². The first-order chi connectivity index (χ1) is 12.0. The lowest BCUT2D eigenvalue weighted by Crippen LogP contribution is -2.51. The number of nitrogens with one attached hydrogen (secondary N) is 1. The maximum absolute atomic E-state index is 12.2. The number of carbonyl (C=O) groups excluding carboxylic acids is 1. The maximum atomic E-state index is 12.2. The van der Waals surface area contributed by atoms with Crippen LogP contribution in [0.5, 0.6) is 0 Å². The van der Waals surface area contributed by atoms with E-state index in [-0.39, 0.29) is 11.6 Å². The van der Waals surface area contributed by atoms with Crippen LogP contribution in [0.3, 0.4) is 0 Å². The molecule has 134 valence electrons. The van der Waals surface area contributed by atoms with Crippen LogP contribution in [0.1, 0.15) is 38.5 Å². The normalized spacial score (nSPS) is 32.6. The van der Waals surface area contributed by atoms with Crippen molar-refractivity contribution < 1.29 is 9.72 Å². The van der Waals surface area contributed by atoms with Gasteiger partial charge in [0, 0.05) is 23.6 Å². The standard InChI is InChI=1S/C19H24N2O3S/c22-18(11-25-17-3-1-16(2-4-17)21(23)24)20-12-19-8-13-5-14(9-19)7-15(6-13)10-19/h1-4,13-15H,5-12H2,(H,20,22). The summed E-state index contributed by atoms with van der Waals surface area (Å²) in [4.78, 5) is 23.4. The molecular weight excluding hydrogens is 336 g/mol. The molecule has 25 heavy (non-hydrogen) atoms. The van der Waals surface area contributed by atoms with Gasteiger partial charge < -0.3 is 5.32 Å². The largest absolute Gasteiger partial charge is 0.355 e. The zero-order chi connectivity index (χ0) is 17.4. The van der Waals surface area contributed by atoms with Gasteiger partial charge >= 0.3 is 0 Å². The number of hydrogen-bond acceptors (Lipinski definition) is 4. The number of hydrogen-bond donors (Lipinski definition) is 1. The average Bonchev–Trinajstić information content (AvgIpc) is 2.57. The molecule has 0 atom stereocenters. The highest BCUT2D eigenvalue weighted by Crippen LogP contribution is 2.59. The minimum absolute atomic E-state index is 0.0686. The number of thioether (sulfide) groups is 1. The summed E-state index contributed by atoms with van der Waals surface area (Å²) in [5.41, 5.74) is 0.443. The summed E-state index contributed by atoms with van der Waals surface area (Å²) in [7, 11) is 0. The number of carbonyl (C=O) groups is 1. The molecule has 5 nitrogen and oxygen atoms in total. The molecule has 4 bridgehead atoms. The third kappa shape index (κ3) is 3.68. The van der Waals surface area contributed by atoms with E-state index >= 15 is 0 Å². The van der Waals surface area contributed by atoms with Gasteiger partial charge in [-0.1, -0.05) is 0 Å². The topological polar surface area (TPSA) is 72.2 Å². The quantitative estimate of drug-likeness (QED) is 0.472. The van der Waals surface area contributed by atoms with E-state index in [0.29, 0.717) is 11.2 Å². The van der Waals surface area contributed by atoms with Crippen molar-refractivity contribution in [3.63, 3.8) is 0 Å². The van der Waals surface area contributed by atoms with E-state index in [2.05, 4.69) is 5.32 Å². The van der Waals surface area contributed by atoms with Crippen molar-refractivity contribution in [1.29, 1.82) is 0 Å². The molecule has 0 spiro atoms. The molecule has 0 saturated heterocycles. The second-order valence-electron chi connectivity index (χ2n) is 8.23. The molecular formula is C19H24N2O3S. The highest BCUT2D eigenvalue weighted by molar-refractivity contribution is 8.00. The number of nitrogens with zero attached hydrogens (tertiary/aromatic N) is 1. The number of amides is 1. The van der Waals surface area contributed by atoms with Gasteiger partial charge in [0.05, 0.1) is 10.7 Å². The Hall–Kier alpha value is -1.56. The summed E-state index contributed by atoms with van der Waals surface area (Å²) in [6.45, 7) is 0.830. The lowest BCUT2D eigenvalue weighted by molar-refractivity contribution is -0.384. The van der Waals surface area contributed by atoms with Gasteiger partial charge in [-0.3, -0.25) is 14.9 Å². The Bertz CT molecular complexity index is 638. The molecule has 4 saturated carbocycles. The van der Waals surface area contributed by atoms with Gasteiger partial charge in [0.1, 0.15) is 0 Å². The Morgan fingerprint density at radius 1 is 1.12 bits per heavy atom. The van der Waals surface area contributed by atoms with Crippen LogP contribution in [0.2, 0.25) is 0 Å². The van der Waals surface area contributed by atoms with E-state index in [1.54, 1.807) is 12.1 Å². The average molecular weight is 360 g/mol. The number of benzene rings is 1. The molecule has 4 fully saturated rings. The van der Waals surface area contributed by atoms with Gasteiger partial charge in [-0.05, 0) is 73.8 Å². The Morgan fingerprint density at radius 2 is 1.68 bits per heavy atom. The maximum Gasteiger partial charge on any atom is 0.269 e. The van der Waals surface area contributed by atoms with Crippen molar-refractivity contribution in [1.82, 2.24) is 5.32 Å². The summed E-state index contributed by atoms with van der Waals surface area (Å²) in [6, 6.07) is 6.37. The molecule has 1 aromatic rings. The van der Waals surface area contributed by atoms with Crippen molar-refractivity contribution in [3.8, 4) is 0 Å². The van der Waals surface area contributed by atoms with Gasteiger partial charge in [0.25, 0.3) is 5.69 Å². The van der Waals surface area contributed by atoms with Crippen molar-refractivity contribution in [2.24, 2.45) is 23.2 Å². The number of nitro groups is 1. The van der Waals surface area contributed by atoms with Crippen LogP contribution >= 0.6 is 11.8 Å². The van der Waals surface area contributed by atoms with Crippen LogP contribution in [0.4, 0.5) is 5.69 Å². The van der Waals surface area contributed by atoms with Crippen LogP contribution in [0.15, 0.2) is 29.2 Å². The molecule has 0 aliphatic heterocycles. The van der Waals surface area contributed by atoms with Crippen LogP contribution < -0.4 is 5.32 Å². The number of nitro benzene ring substituents is 1. The van der Waals surface area contributed by atoms with E-state index in [4.69, 9.17) is 0 Å². The molecule has 5 rings (SSSR count). The summed E-state index contributed by atoms with van der Waals surface area (Å²) in [5, 5.41) is 13.8. The first-order valence-electron chi connectivity index (χ1n) is 9.15. The summed E-state index contributed by atoms with van der Waals surface area (Å²) >= 11 is 1.43. The van der Waals surface area contributed by atoms with Crippen LogP contribution in [0.25, 0.3) is 0 Å². The van der Waals surface area contributed by atoms with Crippen LogP contribution in [0, 0.1) is 33.3 Å². The Kier molecular flexibility index (Phi) is 4.48. The second-order valence-corrected chi connectivity index (χ2v) is 9.28. The molecule has 4 aliphatic carbocycles. The minimum Gasteiger partial charge on any atom is -0.355 e. The Labute approximate surface area is 152 Å². The van der Waals surface area contributed by atoms with E-state index in [0.717, 1.165) is 29.2 Å². The number of rotatable bonds is 6. The van der Waals surface area contributed by atoms with Gasteiger partial charge in [0.15, 0.2) is 0 Å².